The molecule has 6 rings (SSSR count). The quantitative estimate of drug-likeness (QED) is 0.321. The van der Waals surface area contributed by atoms with Crippen LogP contribution >= 0.6 is 7.82 Å². The highest BCUT2D eigenvalue weighted by atomic mass is 31.2. The zero-order valence-electron chi connectivity index (χ0n) is 25.5. The Morgan fingerprint density at radius 2 is 1.78 bits per heavy atom. The second-order valence-corrected chi connectivity index (χ2v) is 16.3. The van der Waals surface area contributed by atoms with Crippen molar-refractivity contribution in [1.29, 1.82) is 0 Å². The molecule has 5 fully saturated rings. The molecule has 4 saturated carbocycles. The molecule has 4 unspecified atom stereocenters. The highest BCUT2D eigenvalue weighted by molar-refractivity contribution is 7.48. The highest BCUT2D eigenvalue weighted by Gasteiger charge is 2.64. The lowest BCUT2D eigenvalue weighted by Gasteiger charge is -2.64. The maximum atomic E-state index is 13.3. The van der Waals surface area contributed by atoms with E-state index in [0.717, 1.165) is 37.7 Å². The first-order chi connectivity index (χ1) is 19.6. The first-order valence-electron chi connectivity index (χ1n) is 16.4. The number of phosphoric ester groups is 1. The molecule has 7 nitrogen and oxygen atoms in total. The highest BCUT2D eigenvalue weighted by Crippen LogP contribution is 2.69. The van der Waals surface area contributed by atoms with Crippen molar-refractivity contribution in [3.8, 4) is 0 Å². The van der Waals surface area contributed by atoms with Gasteiger partial charge in [0, 0.05) is 18.8 Å². The van der Waals surface area contributed by atoms with Crippen LogP contribution in [0.5, 0.6) is 0 Å². The summed E-state index contributed by atoms with van der Waals surface area (Å²) in [5.41, 5.74) is 1.37. The Morgan fingerprint density at radius 3 is 2.54 bits per heavy atom. The summed E-state index contributed by atoms with van der Waals surface area (Å²) in [4.78, 5) is 4.07. The van der Waals surface area contributed by atoms with Crippen LogP contribution in [0, 0.1) is 52.3 Å². The molecule has 0 radical (unpaired) electrons. The van der Waals surface area contributed by atoms with E-state index in [1.807, 2.05) is 12.1 Å². The number of aromatic nitrogens is 1. The fraction of sp³-hybridized carbons (Fsp3) is 0.848. The molecule has 1 aromatic heterocycles. The lowest BCUT2D eigenvalue weighted by Crippen LogP contribution is -2.62. The van der Waals surface area contributed by atoms with E-state index in [1.54, 1.807) is 12.4 Å². The summed E-state index contributed by atoms with van der Waals surface area (Å²) < 4.78 is 30.6. The number of rotatable bonds is 7. The molecule has 1 aliphatic heterocycles. The third kappa shape index (κ3) is 5.29. The Kier molecular flexibility index (Phi) is 8.55. The number of hydrogen-bond donors (Lipinski definition) is 2. The summed E-state index contributed by atoms with van der Waals surface area (Å²) in [6.07, 6.45) is 12.7. The molecule has 0 aromatic carbocycles. The molecule has 1 saturated heterocycles. The van der Waals surface area contributed by atoms with Crippen molar-refractivity contribution in [2.45, 2.75) is 110 Å². The molecule has 13 atom stereocenters. The number of phosphoric acid groups is 1. The monoisotopic (exact) mass is 589 g/mol. The van der Waals surface area contributed by atoms with Crippen molar-refractivity contribution >= 4 is 7.82 Å². The van der Waals surface area contributed by atoms with Crippen LogP contribution in [-0.4, -0.2) is 40.6 Å². The molecule has 8 heteroatoms. The lowest BCUT2D eigenvalue weighted by molar-refractivity contribution is -0.203. The van der Waals surface area contributed by atoms with E-state index in [0.29, 0.717) is 55.1 Å². The van der Waals surface area contributed by atoms with E-state index in [9.17, 15) is 14.8 Å². The van der Waals surface area contributed by atoms with E-state index in [-0.39, 0.29) is 35.1 Å². The fourth-order valence-corrected chi connectivity index (χ4v) is 12.3. The number of aliphatic hydroxyl groups is 2. The largest absolute Gasteiger partial charge is 0.475 e. The minimum absolute atomic E-state index is 0.200. The van der Waals surface area contributed by atoms with Crippen LogP contribution in [-0.2, 0) is 18.1 Å². The van der Waals surface area contributed by atoms with Gasteiger partial charge < -0.3 is 10.2 Å². The van der Waals surface area contributed by atoms with Gasteiger partial charge in [0.15, 0.2) is 0 Å². The van der Waals surface area contributed by atoms with Crippen LogP contribution in [0.4, 0.5) is 0 Å². The smallest absolute Gasteiger partial charge is 0.393 e. The summed E-state index contributed by atoms with van der Waals surface area (Å²) in [7, 11) is -3.60. The second-order valence-electron chi connectivity index (χ2n) is 14.7. The summed E-state index contributed by atoms with van der Waals surface area (Å²) in [6, 6.07) is 3.77. The SMILES string of the molecule is CC[C@@H]1C2C[C@H](O)CC[C@]2(C)C2CC[C@@]3(C)C(CC[C@@H]3[C@H](C)CCO[P@@]3(=O)OCC[C@@H](c4ccncc4)O3)C2[C@@H]1O. The lowest BCUT2D eigenvalue weighted by atomic mass is 9.41. The molecule has 4 aliphatic carbocycles. The number of hydrogen-bond acceptors (Lipinski definition) is 7. The molecule has 0 spiro atoms. The van der Waals surface area contributed by atoms with Gasteiger partial charge in [0.1, 0.15) is 0 Å². The molecule has 0 bridgehead atoms. The van der Waals surface area contributed by atoms with Gasteiger partial charge in [0.05, 0.1) is 31.5 Å². The van der Waals surface area contributed by atoms with Crippen LogP contribution in [0.2, 0.25) is 0 Å². The molecular formula is C33H52NO6P. The Balaban J connectivity index is 1.11. The van der Waals surface area contributed by atoms with E-state index in [1.165, 1.54) is 25.7 Å². The van der Waals surface area contributed by atoms with Crippen molar-refractivity contribution in [3.63, 3.8) is 0 Å². The fourth-order valence-electron chi connectivity index (χ4n) is 10.9. The number of pyridine rings is 1. The maximum absolute atomic E-state index is 13.3. The van der Waals surface area contributed by atoms with Gasteiger partial charge in [-0.1, -0.05) is 34.1 Å². The minimum atomic E-state index is -3.60. The number of nitrogens with zero attached hydrogens (tertiary/aromatic N) is 1. The van der Waals surface area contributed by atoms with E-state index >= 15 is 0 Å². The van der Waals surface area contributed by atoms with Crippen molar-refractivity contribution in [1.82, 2.24) is 4.98 Å². The molecule has 2 N–H and O–H groups in total. The van der Waals surface area contributed by atoms with Gasteiger partial charge in [-0.3, -0.25) is 18.6 Å². The average molecular weight is 590 g/mol. The predicted octanol–water partition coefficient (Wildman–Crippen LogP) is 7.34. The number of aliphatic hydroxyl groups excluding tert-OH is 2. The molecule has 1 aromatic rings. The second kappa shape index (κ2) is 11.6. The van der Waals surface area contributed by atoms with Crippen LogP contribution < -0.4 is 0 Å². The third-order valence-electron chi connectivity index (χ3n) is 12.9. The van der Waals surface area contributed by atoms with Gasteiger partial charge in [0.2, 0.25) is 0 Å². The molecule has 5 aliphatic rings. The van der Waals surface area contributed by atoms with Crippen molar-refractivity contribution in [2.24, 2.45) is 52.3 Å². The maximum Gasteiger partial charge on any atom is 0.475 e. The Morgan fingerprint density at radius 1 is 1.05 bits per heavy atom. The Hall–Kier alpha value is -0.820. The van der Waals surface area contributed by atoms with E-state index < -0.39 is 7.82 Å². The Bertz CT molecular complexity index is 1100. The molecule has 230 valence electrons. The zero-order valence-corrected chi connectivity index (χ0v) is 26.4. The minimum Gasteiger partial charge on any atom is -0.393 e. The van der Waals surface area contributed by atoms with Gasteiger partial charge >= 0.3 is 7.82 Å². The van der Waals surface area contributed by atoms with Gasteiger partial charge in [-0.25, -0.2) is 4.57 Å². The van der Waals surface area contributed by atoms with Crippen LogP contribution in [0.15, 0.2) is 24.5 Å². The van der Waals surface area contributed by atoms with Crippen molar-refractivity contribution in [3.05, 3.63) is 30.1 Å². The van der Waals surface area contributed by atoms with Gasteiger partial charge in [0.25, 0.3) is 0 Å². The molecular weight excluding hydrogens is 537 g/mol. The topological polar surface area (TPSA) is 98.1 Å². The average Bonchev–Trinajstić information content (AvgIpc) is 3.32. The van der Waals surface area contributed by atoms with E-state index in [2.05, 4.69) is 32.7 Å². The normalized spacial score (nSPS) is 48.6. The van der Waals surface area contributed by atoms with Crippen LogP contribution in [0.3, 0.4) is 0 Å². The zero-order chi connectivity index (χ0) is 29.0. The molecule has 2 heterocycles. The first-order valence-corrected chi connectivity index (χ1v) is 17.9. The standard InChI is InChI=1S/C33H52NO6P/c1-5-24-28-20-23(35)8-14-33(28,4)27-9-15-32(3)25(6-7-26(32)30(27)31(24)36)21(2)12-18-38-41(37)39-19-13-29(40-41)22-10-16-34-17-11-22/h10-11,16-17,21,23-31,35-36H,5-9,12-15,18-20H2,1-4H3/t21-,23-,24-,25-,26?,27?,28?,29+,30?,31-,32-,33-,41+/m1/s1. The summed E-state index contributed by atoms with van der Waals surface area (Å²) in [6.45, 7) is 10.3. The van der Waals surface area contributed by atoms with Crippen molar-refractivity contribution < 1.29 is 28.3 Å². The summed E-state index contributed by atoms with van der Waals surface area (Å²) in [5.74, 6) is 3.13. The van der Waals surface area contributed by atoms with Gasteiger partial charge in [-0.05, 0) is 121 Å². The predicted molar refractivity (Wildman–Crippen MR) is 158 cm³/mol. The summed E-state index contributed by atoms with van der Waals surface area (Å²) >= 11 is 0. The molecule has 41 heavy (non-hydrogen) atoms. The molecule has 0 amide bonds. The first kappa shape index (κ1) is 30.2. The van der Waals surface area contributed by atoms with Gasteiger partial charge in [-0.2, -0.15) is 0 Å². The Labute approximate surface area is 246 Å². The van der Waals surface area contributed by atoms with Crippen molar-refractivity contribution in [2.75, 3.05) is 13.2 Å². The van der Waals surface area contributed by atoms with E-state index in [4.69, 9.17) is 13.6 Å². The van der Waals surface area contributed by atoms with Crippen LogP contribution in [0.1, 0.15) is 104 Å². The number of fused-ring (bicyclic) bond motifs is 5. The van der Waals surface area contributed by atoms with Gasteiger partial charge in [-0.15, -0.1) is 0 Å². The summed E-state index contributed by atoms with van der Waals surface area (Å²) in [5, 5.41) is 22.5. The third-order valence-corrected chi connectivity index (χ3v) is 14.4. The van der Waals surface area contributed by atoms with Crippen LogP contribution in [0.25, 0.3) is 0 Å².